The monoisotopic (exact) mass is 340 g/mol. The van der Waals surface area contributed by atoms with E-state index in [-0.39, 0.29) is 5.91 Å². The summed E-state index contributed by atoms with van der Waals surface area (Å²) >= 11 is 0. The molecule has 0 spiro atoms. The van der Waals surface area contributed by atoms with Gasteiger partial charge in [0.1, 0.15) is 5.75 Å². The van der Waals surface area contributed by atoms with E-state index in [0.717, 1.165) is 37.4 Å². The minimum atomic E-state index is 0.0520. The van der Waals surface area contributed by atoms with Crippen LogP contribution in [-0.4, -0.2) is 19.1 Å². The van der Waals surface area contributed by atoms with Gasteiger partial charge < -0.3 is 15.4 Å². The van der Waals surface area contributed by atoms with E-state index in [1.165, 1.54) is 11.1 Å². The first-order valence-corrected chi connectivity index (χ1v) is 8.96. The third kappa shape index (κ3) is 7.40. The molecule has 0 fully saturated rings. The number of rotatable bonds is 10. The third-order valence-corrected chi connectivity index (χ3v) is 3.85. The van der Waals surface area contributed by atoms with E-state index in [1.807, 2.05) is 49.4 Å². The van der Waals surface area contributed by atoms with Gasteiger partial charge in [0.05, 0.1) is 6.61 Å². The van der Waals surface area contributed by atoms with Crippen LogP contribution in [0.25, 0.3) is 0 Å². The maximum absolute atomic E-state index is 12.0. The van der Waals surface area contributed by atoms with Gasteiger partial charge in [-0.2, -0.15) is 0 Å². The number of hydrogen-bond donors (Lipinski definition) is 2. The van der Waals surface area contributed by atoms with Gasteiger partial charge in [-0.15, -0.1) is 0 Å². The van der Waals surface area contributed by atoms with Crippen LogP contribution < -0.4 is 15.4 Å². The second-order valence-corrected chi connectivity index (χ2v) is 6.15. The minimum Gasteiger partial charge on any atom is -0.494 e. The van der Waals surface area contributed by atoms with Crippen molar-refractivity contribution in [3.63, 3.8) is 0 Å². The van der Waals surface area contributed by atoms with Crippen LogP contribution in [0.15, 0.2) is 48.5 Å². The summed E-state index contributed by atoms with van der Waals surface area (Å²) in [4.78, 5) is 12.0. The highest BCUT2D eigenvalue weighted by molar-refractivity contribution is 5.90. The van der Waals surface area contributed by atoms with E-state index in [9.17, 15) is 4.79 Å². The van der Waals surface area contributed by atoms with Gasteiger partial charge in [-0.3, -0.25) is 4.79 Å². The smallest absolute Gasteiger partial charge is 0.224 e. The van der Waals surface area contributed by atoms with Gasteiger partial charge in [0.15, 0.2) is 0 Å². The highest BCUT2D eigenvalue weighted by Crippen LogP contribution is 2.14. The average molecular weight is 340 g/mol. The number of carbonyl (C=O) groups excluding carboxylic acids is 1. The van der Waals surface area contributed by atoms with Crippen molar-refractivity contribution in [2.75, 3.05) is 18.5 Å². The molecular weight excluding hydrogens is 312 g/mol. The quantitative estimate of drug-likeness (QED) is 0.634. The average Bonchev–Trinajstić information content (AvgIpc) is 2.60. The first kappa shape index (κ1) is 19.0. The molecule has 1 amide bonds. The van der Waals surface area contributed by atoms with Gasteiger partial charge >= 0.3 is 0 Å². The molecule has 0 radical (unpaired) electrons. The number of anilines is 1. The number of aryl methyl sites for hydroxylation is 1. The Hall–Kier alpha value is -2.33. The van der Waals surface area contributed by atoms with Crippen molar-refractivity contribution in [2.24, 2.45) is 0 Å². The number of nitrogens with one attached hydrogen (secondary N) is 2. The molecule has 0 saturated carbocycles. The van der Waals surface area contributed by atoms with Gasteiger partial charge in [-0.25, -0.2) is 0 Å². The van der Waals surface area contributed by atoms with E-state index >= 15 is 0 Å². The lowest BCUT2D eigenvalue weighted by atomic mass is 10.2. The maximum Gasteiger partial charge on any atom is 0.224 e. The molecule has 4 heteroatoms. The Morgan fingerprint density at radius 1 is 1.08 bits per heavy atom. The highest BCUT2D eigenvalue weighted by atomic mass is 16.5. The predicted molar refractivity (Wildman–Crippen MR) is 103 cm³/mol. The highest BCUT2D eigenvalue weighted by Gasteiger charge is 2.03. The van der Waals surface area contributed by atoms with E-state index in [2.05, 4.69) is 23.6 Å². The van der Waals surface area contributed by atoms with Crippen molar-refractivity contribution in [3.05, 3.63) is 59.7 Å². The SMILES string of the molecule is CCNCc1cccc(NC(=O)CCCCOc2cccc(C)c2)c1. The summed E-state index contributed by atoms with van der Waals surface area (Å²) in [5, 5.41) is 6.25. The van der Waals surface area contributed by atoms with Gasteiger partial charge in [0, 0.05) is 18.7 Å². The Labute approximate surface area is 150 Å². The molecule has 0 unspecified atom stereocenters. The lowest BCUT2D eigenvalue weighted by Gasteiger charge is -2.09. The normalized spacial score (nSPS) is 10.5. The lowest BCUT2D eigenvalue weighted by molar-refractivity contribution is -0.116. The van der Waals surface area contributed by atoms with Crippen LogP contribution in [-0.2, 0) is 11.3 Å². The van der Waals surface area contributed by atoms with Crippen molar-refractivity contribution in [2.45, 2.75) is 39.7 Å². The Morgan fingerprint density at radius 3 is 2.72 bits per heavy atom. The fourth-order valence-electron chi connectivity index (χ4n) is 2.53. The molecule has 0 aromatic heterocycles. The van der Waals surface area contributed by atoms with Crippen LogP contribution in [0.1, 0.15) is 37.3 Å². The second-order valence-electron chi connectivity index (χ2n) is 6.15. The van der Waals surface area contributed by atoms with Crippen LogP contribution in [0, 0.1) is 6.92 Å². The fourth-order valence-corrected chi connectivity index (χ4v) is 2.53. The topological polar surface area (TPSA) is 50.4 Å². The van der Waals surface area contributed by atoms with Gasteiger partial charge in [0.25, 0.3) is 0 Å². The zero-order valence-corrected chi connectivity index (χ0v) is 15.2. The summed E-state index contributed by atoms with van der Waals surface area (Å²) in [7, 11) is 0. The molecular formula is C21H28N2O2. The molecule has 4 nitrogen and oxygen atoms in total. The predicted octanol–water partition coefficient (Wildman–Crippen LogP) is 4.29. The molecule has 2 N–H and O–H groups in total. The second kappa shape index (κ2) is 10.5. The number of unbranched alkanes of at least 4 members (excludes halogenated alkanes) is 1. The van der Waals surface area contributed by atoms with Crippen LogP contribution in [0.2, 0.25) is 0 Å². The summed E-state index contributed by atoms with van der Waals surface area (Å²) in [6, 6.07) is 16.0. The minimum absolute atomic E-state index is 0.0520. The van der Waals surface area contributed by atoms with E-state index in [4.69, 9.17) is 4.74 Å². The molecule has 2 rings (SSSR count). The van der Waals surface area contributed by atoms with Gasteiger partial charge in [-0.05, 0) is 61.7 Å². The van der Waals surface area contributed by atoms with Crippen molar-refractivity contribution in [1.29, 1.82) is 0 Å². The van der Waals surface area contributed by atoms with Gasteiger partial charge in [-0.1, -0.05) is 31.2 Å². The van der Waals surface area contributed by atoms with Crippen LogP contribution >= 0.6 is 0 Å². The number of hydrogen-bond acceptors (Lipinski definition) is 3. The fraction of sp³-hybridized carbons (Fsp3) is 0.381. The molecule has 0 bridgehead atoms. The van der Waals surface area contributed by atoms with Crippen LogP contribution in [0.4, 0.5) is 5.69 Å². The van der Waals surface area contributed by atoms with E-state index in [1.54, 1.807) is 0 Å². The molecule has 0 atom stereocenters. The Balaban J connectivity index is 1.65. The first-order valence-electron chi connectivity index (χ1n) is 8.96. The summed E-state index contributed by atoms with van der Waals surface area (Å²) in [6.45, 7) is 6.51. The molecule has 2 aromatic carbocycles. The summed E-state index contributed by atoms with van der Waals surface area (Å²) in [5.41, 5.74) is 3.22. The summed E-state index contributed by atoms with van der Waals surface area (Å²) in [6.07, 6.45) is 2.19. The molecule has 25 heavy (non-hydrogen) atoms. The Kier molecular flexibility index (Phi) is 7.99. The van der Waals surface area contributed by atoms with Gasteiger partial charge in [0.2, 0.25) is 5.91 Å². The molecule has 0 saturated heterocycles. The standard InChI is InChI=1S/C21H28N2O2/c1-3-22-16-18-9-7-10-19(15-18)23-21(24)12-4-5-13-25-20-11-6-8-17(2)14-20/h6-11,14-15,22H,3-5,12-13,16H2,1-2H3,(H,23,24). The molecule has 0 aliphatic heterocycles. The number of benzene rings is 2. The van der Waals surface area contributed by atoms with E-state index < -0.39 is 0 Å². The largest absolute Gasteiger partial charge is 0.494 e. The lowest BCUT2D eigenvalue weighted by Crippen LogP contribution is -2.14. The number of amides is 1. The summed E-state index contributed by atoms with van der Waals surface area (Å²) < 4.78 is 5.70. The molecule has 2 aromatic rings. The Bertz CT molecular complexity index is 670. The van der Waals surface area contributed by atoms with Crippen molar-refractivity contribution in [3.8, 4) is 5.75 Å². The molecule has 134 valence electrons. The summed E-state index contributed by atoms with van der Waals surface area (Å²) in [5.74, 6) is 0.943. The van der Waals surface area contributed by atoms with Crippen molar-refractivity contribution in [1.82, 2.24) is 5.32 Å². The number of ether oxygens (including phenoxy) is 1. The maximum atomic E-state index is 12.0. The zero-order chi connectivity index (χ0) is 17.9. The molecule has 0 aliphatic rings. The first-order chi connectivity index (χ1) is 12.2. The van der Waals surface area contributed by atoms with Crippen LogP contribution in [0.5, 0.6) is 5.75 Å². The number of carbonyl (C=O) groups is 1. The van der Waals surface area contributed by atoms with Crippen LogP contribution in [0.3, 0.4) is 0 Å². The zero-order valence-electron chi connectivity index (χ0n) is 15.2. The van der Waals surface area contributed by atoms with E-state index in [0.29, 0.717) is 13.0 Å². The molecule has 0 heterocycles. The van der Waals surface area contributed by atoms with Crippen molar-refractivity contribution < 1.29 is 9.53 Å². The Morgan fingerprint density at radius 2 is 1.92 bits per heavy atom. The molecule has 0 aliphatic carbocycles. The van der Waals surface area contributed by atoms with Crippen molar-refractivity contribution >= 4 is 11.6 Å². The third-order valence-electron chi connectivity index (χ3n) is 3.85.